The fraction of sp³-hybridized carbons (Fsp3) is 0.480. The van der Waals surface area contributed by atoms with Gasteiger partial charge in [0.2, 0.25) is 0 Å². The molecule has 6 heteroatoms. The van der Waals surface area contributed by atoms with E-state index in [2.05, 4.69) is 49.7 Å². The number of nitrogen functional groups attached to an aromatic ring is 1. The summed E-state index contributed by atoms with van der Waals surface area (Å²) in [5.41, 5.74) is 10.1. The number of hydrogen-bond donors (Lipinski definition) is 1. The molecule has 2 aromatic carbocycles. The molecular formula is C25H35BBrNO3. The summed E-state index contributed by atoms with van der Waals surface area (Å²) in [6.45, 7) is 14.3. The molecule has 3 rings (SSSR count). The van der Waals surface area contributed by atoms with Crippen LogP contribution in [-0.2, 0) is 20.5 Å². The lowest BCUT2D eigenvalue weighted by Crippen LogP contribution is -2.41. The molecule has 1 fully saturated rings. The normalized spacial score (nSPS) is 16.6. The molecule has 4 nitrogen and oxygen atoms in total. The van der Waals surface area contributed by atoms with Gasteiger partial charge in [-0.2, -0.15) is 0 Å². The van der Waals surface area contributed by atoms with Crippen molar-refractivity contribution in [2.24, 2.45) is 0 Å². The quantitative estimate of drug-likeness (QED) is 0.443. The summed E-state index contributed by atoms with van der Waals surface area (Å²) in [6, 6.07) is 11.9. The molecule has 1 aliphatic heterocycles. The maximum atomic E-state index is 11.8. The predicted octanol–water partition coefficient (Wildman–Crippen LogP) is 5.55. The highest BCUT2D eigenvalue weighted by atomic mass is 79.9. The van der Waals surface area contributed by atoms with Crippen LogP contribution in [0, 0.1) is 13.8 Å². The van der Waals surface area contributed by atoms with E-state index in [1.165, 1.54) is 0 Å². The molecule has 31 heavy (non-hydrogen) atoms. The van der Waals surface area contributed by atoms with Crippen LogP contribution in [0.2, 0.25) is 0 Å². The number of halogens is 1. The van der Waals surface area contributed by atoms with Gasteiger partial charge in [-0.05, 0) is 88.3 Å². The van der Waals surface area contributed by atoms with Crippen molar-refractivity contribution in [2.75, 3.05) is 5.73 Å². The van der Waals surface area contributed by atoms with Gasteiger partial charge >= 0.3 is 7.12 Å². The van der Waals surface area contributed by atoms with E-state index < -0.39 is 0 Å². The van der Waals surface area contributed by atoms with Gasteiger partial charge in [0.05, 0.1) is 11.2 Å². The second kappa shape index (κ2) is 10.3. The van der Waals surface area contributed by atoms with Crippen LogP contribution in [0.25, 0.3) is 0 Å². The Labute approximate surface area is 196 Å². The smallest absolute Gasteiger partial charge is 0.399 e. The van der Waals surface area contributed by atoms with Crippen molar-refractivity contribution in [1.29, 1.82) is 0 Å². The van der Waals surface area contributed by atoms with Crippen LogP contribution in [-0.4, -0.2) is 24.1 Å². The lowest BCUT2D eigenvalue weighted by atomic mass is 9.77. The Morgan fingerprint density at radius 2 is 1.61 bits per heavy atom. The maximum absolute atomic E-state index is 11.8. The summed E-state index contributed by atoms with van der Waals surface area (Å²) in [5.74, 6) is 0.300. The van der Waals surface area contributed by atoms with Gasteiger partial charge in [0, 0.05) is 23.0 Å². The molecule has 1 heterocycles. The van der Waals surface area contributed by atoms with E-state index >= 15 is 0 Å². The molecule has 1 saturated heterocycles. The van der Waals surface area contributed by atoms with Crippen LogP contribution in [0.5, 0.6) is 0 Å². The summed E-state index contributed by atoms with van der Waals surface area (Å²) < 4.78 is 13.2. The van der Waals surface area contributed by atoms with Gasteiger partial charge in [-0.25, -0.2) is 0 Å². The van der Waals surface area contributed by atoms with E-state index in [0.29, 0.717) is 18.6 Å². The third-order valence-corrected chi connectivity index (χ3v) is 6.53. The fourth-order valence-electron chi connectivity index (χ4n) is 3.26. The summed E-state index contributed by atoms with van der Waals surface area (Å²) in [7, 11) is -0.343. The number of carbonyl (C=O) groups excluding carboxylic acids is 1. The molecule has 2 aromatic rings. The fourth-order valence-corrected chi connectivity index (χ4v) is 3.74. The number of hydrogen-bond acceptors (Lipinski definition) is 4. The van der Waals surface area contributed by atoms with Gasteiger partial charge in [0.25, 0.3) is 0 Å². The predicted molar refractivity (Wildman–Crippen MR) is 134 cm³/mol. The van der Waals surface area contributed by atoms with Crippen LogP contribution >= 0.6 is 15.9 Å². The molecule has 0 spiro atoms. The molecular weight excluding hydrogens is 453 g/mol. The molecule has 0 aromatic heterocycles. The molecule has 168 valence electrons. The molecule has 2 N–H and O–H groups in total. The van der Waals surface area contributed by atoms with Gasteiger partial charge in [-0.3, -0.25) is 4.79 Å². The van der Waals surface area contributed by atoms with E-state index in [4.69, 9.17) is 15.0 Å². The summed E-state index contributed by atoms with van der Waals surface area (Å²) in [6.07, 6.45) is 2.08. The Morgan fingerprint density at radius 3 is 2.10 bits per heavy atom. The lowest BCUT2D eigenvalue weighted by Gasteiger charge is -2.32. The van der Waals surface area contributed by atoms with Crippen molar-refractivity contribution < 1.29 is 14.1 Å². The molecule has 0 amide bonds. The van der Waals surface area contributed by atoms with Crippen molar-refractivity contribution >= 4 is 40.0 Å². The minimum atomic E-state index is -0.343. The van der Waals surface area contributed by atoms with E-state index in [9.17, 15) is 4.79 Å². The monoisotopic (exact) mass is 487 g/mol. The van der Waals surface area contributed by atoms with Gasteiger partial charge in [0.15, 0.2) is 0 Å². The first-order valence-corrected chi connectivity index (χ1v) is 11.6. The number of Topliss-reactive ketones (excluding diaryl/α,β-unsaturated/α-hetero) is 1. The summed E-state index contributed by atoms with van der Waals surface area (Å²) in [4.78, 5) is 11.8. The van der Waals surface area contributed by atoms with E-state index in [-0.39, 0.29) is 18.3 Å². The molecule has 0 radical (unpaired) electrons. The SMILES string of the molecule is CCCC(=O)Cc1ccc(B2OC(C)(C)C(C)(C)O2)cc1C.Cc1cc(Br)ccc1N. The number of anilines is 1. The Kier molecular flexibility index (Phi) is 8.54. The largest absolute Gasteiger partial charge is 0.494 e. The topological polar surface area (TPSA) is 61.5 Å². The average Bonchev–Trinajstić information content (AvgIpc) is 2.88. The Bertz CT molecular complexity index is 911. The highest BCUT2D eigenvalue weighted by molar-refractivity contribution is 9.10. The molecule has 0 saturated carbocycles. The number of rotatable bonds is 5. The number of nitrogens with two attached hydrogens (primary N) is 1. The average molecular weight is 488 g/mol. The first-order valence-electron chi connectivity index (χ1n) is 10.8. The minimum absolute atomic E-state index is 0.300. The van der Waals surface area contributed by atoms with E-state index in [1.807, 2.05) is 51.1 Å². The number of ketones is 1. The lowest BCUT2D eigenvalue weighted by molar-refractivity contribution is -0.118. The van der Waals surface area contributed by atoms with Crippen molar-refractivity contribution in [1.82, 2.24) is 0 Å². The van der Waals surface area contributed by atoms with E-state index in [1.54, 1.807) is 0 Å². The number of benzene rings is 2. The second-order valence-electron chi connectivity index (χ2n) is 9.24. The zero-order valence-corrected chi connectivity index (χ0v) is 21.4. The first kappa shape index (κ1) is 25.6. The van der Waals surface area contributed by atoms with Crippen molar-refractivity contribution in [3.8, 4) is 0 Å². The molecule has 1 aliphatic rings. The zero-order valence-electron chi connectivity index (χ0n) is 19.8. The zero-order chi connectivity index (χ0) is 23.4. The Hall–Kier alpha value is -1.63. The Morgan fingerprint density at radius 1 is 1.00 bits per heavy atom. The standard InChI is InChI=1S/C18H27BO3.C7H8BrN/c1-7-8-16(20)12-14-9-10-15(11-13(14)2)19-21-17(3,4)18(5,6)22-19;1-5-4-6(8)2-3-7(5)9/h9-11H,7-8,12H2,1-6H3;2-4H,9H2,1H3. The first-order chi connectivity index (χ1) is 14.4. The number of carbonyl (C=O) groups is 1. The van der Waals surface area contributed by atoms with Crippen LogP contribution in [0.3, 0.4) is 0 Å². The minimum Gasteiger partial charge on any atom is -0.399 e. The van der Waals surface area contributed by atoms with Crippen LogP contribution < -0.4 is 11.2 Å². The second-order valence-corrected chi connectivity index (χ2v) is 10.2. The maximum Gasteiger partial charge on any atom is 0.494 e. The third kappa shape index (κ3) is 6.68. The Balaban J connectivity index is 0.000000316. The van der Waals surface area contributed by atoms with Crippen LogP contribution in [0.15, 0.2) is 40.9 Å². The third-order valence-electron chi connectivity index (χ3n) is 6.04. The molecule has 0 bridgehead atoms. The van der Waals surface area contributed by atoms with E-state index in [0.717, 1.165) is 38.7 Å². The highest BCUT2D eigenvalue weighted by Crippen LogP contribution is 2.36. The van der Waals surface area contributed by atoms with Gasteiger partial charge in [0.1, 0.15) is 5.78 Å². The van der Waals surface area contributed by atoms with Crippen molar-refractivity contribution in [3.63, 3.8) is 0 Å². The van der Waals surface area contributed by atoms with Crippen molar-refractivity contribution in [3.05, 3.63) is 57.6 Å². The van der Waals surface area contributed by atoms with Gasteiger partial charge in [-0.15, -0.1) is 0 Å². The van der Waals surface area contributed by atoms with Crippen molar-refractivity contribution in [2.45, 2.75) is 78.9 Å². The van der Waals surface area contributed by atoms with Gasteiger partial charge < -0.3 is 15.0 Å². The molecule has 0 aliphatic carbocycles. The molecule has 0 atom stereocenters. The van der Waals surface area contributed by atoms with Crippen LogP contribution in [0.4, 0.5) is 5.69 Å². The summed E-state index contributed by atoms with van der Waals surface area (Å²) >= 11 is 3.34. The summed E-state index contributed by atoms with van der Waals surface area (Å²) in [5, 5.41) is 0. The number of aryl methyl sites for hydroxylation is 2. The van der Waals surface area contributed by atoms with Gasteiger partial charge in [-0.1, -0.05) is 41.1 Å². The highest BCUT2D eigenvalue weighted by Gasteiger charge is 2.51. The van der Waals surface area contributed by atoms with Crippen LogP contribution in [0.1, 0.15) is 64.2 Å². The molecule has 0 unspecified atom stereocenters.